The zero-order valence-electron chi connectivity index (χ0n) is 25.9. The molecule has 0 fully saturated rings. The molecule has 3 nitrogen and oxygen atoms in total. The fourth-order valence-corrected chi connectivity index (χ4v) is 5.57. The molecule has 4 heteroatoms. The van der Waals surface area contributed by atoms with Gasteiger partial charge in [-0.05, 0) is 70.5 Å². The van der Waals surface area contributed by atoms with E-state index in [1.54, 1.807) is 0 Å². The standard InChI is InChI=1S/C37H42ClN3/c1-35(2,3)25-17-21-27(22-18-25)40(28-23-19-26(20-24-28)36(4,5)6)31-15-12-16-32(33(31)38)41-30-14-11-10-13-29(30)39-34(41)37(7,8)9/h10-24H,1-9H3. The quantitative estimate of drug-likeness (QED) is 0.217. The number of anilines is 3. The maximum atomic E-state index is 7.43. The van der Waals surface area contributed by atoms with Gasteiger partial charge in [0.2, 0.25) is 0 Å². The van der Waals surface area contributed by atoms with Gasteiger partial charge in [-0.2, -0.15) is 0 Å². The third-order valence-corrected chi connectivity index (χ3v) is 8.04. The molecule has 5 aromatic rings. The van der Waals surface area contributed by atoms with Crippen LogP contribution < -0.4 is 4.90 Å². The summed E-state index contributed by atoms with van der Waals surface area (Å²) in [7, 11) is 0. The molecule has 1 heterocycles. The van der Waals surface area contributed by atoms with E-state index in [1.165, 1.54) is 11.1 Å². The highest BCUT2D eigenvalue weighted by Crippen LogP contribution is 2.43. The van der Waals surface area contributed by atoms with Crippen LogP contribution in [-0.2, 0) is 16.2 Å². The van der Waals surface area contributed by atoms with Crippen LogP contribution in [-0.4, -0.2) is 9.55 Å². The molecule has 1 aromatic heterocycles. The van der Waals surface area contributed by atoms with Crippen molar-refractivity contribution < 1.29 is 0 Å². The lowest BCUT2D eigenvalue weighted by Gasteiger charge is -2.29. The number of fused-ring (bicyclic) bond motifs is 1. The Morgan fingerprint density at radius 3 is 1.59 bits per heavy atom. The number of hydrogen-bond donors (Lipinski definition) is 0. The van der Waals surface area contributed by atoms with Crippen molar-refractivity contribution in [3.8, 4) is 5.69 Å². The molecule has 0 spiro atoms. The lowest BCUT2D eigenvalue weighted by atomic mass is 9.86. The number of rotatable bonds is 4. The van der Waals surface area contributed by atoms with Crippen molar-refractivity contribution in [3.05, 3.63) is 113 Å². The highest BCUT2D eigenvalue weighted by molar-refractivity contribution is 6.35. The van der Waals surface area contributed by atoms with Gasteiger partial charge in [-0.3, -0.25) is 4.57 Å². The molecule has 0 aliphatic rings. The second-order valence-corrected chi connectivity index (χ2v) is 14.4. The highest BCUT2D eigenvalue weighted by atomic mass is 35.5. The lowest BCUT2D eigenvalue weighted by Crippen LogP contribution is -2.19. The monoisotopic (exact) mass is 563 g/mol. The van der Waals surface area contributed by atoms with Crippen LogP contribution in [0.15, 0.2) is 91.0 Å². The average Bonchev–Trinajstić information content (AvgIpc) is 3.30. The van der Waals surface area contributed by atoms with Gasteiger partial charge in [-0.25, -0.2) is 4.98 Å². The van der Waals surface area contributed by atoms with Crippen LogP contribution in [0.1, 0.15) is 79.3 Å². The molecule has 4 aromatic carbocycles. The number of hydrogen-bond acceptors (Lipinski definition) is 2. The van der Waals surface area contributed by atoms with Crippen molar-refractivity contribution in [2.24, 2.45) is 0 Å². The number of aromatic nitrogens is 2. The molecule has 0 amide bonds. The van der Waals surface area contributed by atoms with E-state index in [9.17, 15) is 0 Å². The third kappa shape index (κ3) is 5.65. The van der Waals surface area contributed by atoms with E-state index in [2.05, 4.69) is 157 Å². The van der Waals surface area contributed by atoms with Crippen LogP contribution in [0.4, 0.5) is 17.1 Å². The maximum Gasteiger partial charge on any atom is 0.119 e. The SMILES string of the molecule is CC(C)(C)c1ccc(N(c2ccc(C(C)(C)C)cc2)c2cccc(-n3c(C(C)(C)C)nc4ccccc43)c2Cl)cc1. The second kappa shape index (κ2) is 10.4. The first-order chi connectivity index (χ1) is 19.2. The minimum atomic E-state index is -0.177. The molecule has 0 N–H and O–H groups in total. The Hall–Kier alpha value is -3.56. The van der Waals surface area contributed by atoms with Crippen LogP contribution in [0, 0.1) is 0 Å². The van der Waals surface area contributed by atoms with Crippen LogP contribution in [0.3, 0.4) is 0 Å². The fraction of sp³-hybridized carbons (Fsp3) is 0.324. The third-order valence-electron chi connectivity index (χ3n) is 7.65. The molecule has 0 aliphatic heterocycles. The topological polar surface area (TPSA) is 21.1 Å². The molecule has 0 bridgehead atoms. The number of benzene rings is 4. The summed E-state index contributed by atoms with van der Waals surface area (Å²) in [5.74, 6) is 0.980. The number of imidazole rings is 1. The Kier molecular flexibility index (Phi) is 7.32. The van der Waals surface area contributed by atoms with E-state index in [-0.39, 0.29) is 16.2 Å². The predicted octanol–water partition coefficient (Wildman–Crippen LogP) is 11.0. The lowest BCUT2D eigenvalue weighted by molar-refractivity contribution is 0.539. The maximum absolute atomic E-state index is 7.43. The summed E-state index contributed by atoms with van der Waals surface area (Å²) in [4.78, 5) is 7.31. The van der Waals surface area contributed by atoms with Gasteiger partial charge in [0.25, 0.3) is 0 Å². The van der Waals surface area contributed by atoms with E-state index >= 15 is 0 Å². The molecule has 0 aliphatic carbocycles. The van der Waals surface area contributed by atoms with Crippen molar-refractivity contribution in [3.63, 3.8) is 0 Å². The first-order valence-corrected chi connectivity index (χ1v) is 14.8. The van der Waals surface area contributed by atoms with Gasteiger partial charge < -0.3 is 4.90 Å². The van der Waals surface area contributed by atoms with E-state index in [1.807, 2.05) is 6.07 Å². The van der Waals surface area contributed by atoms with Gasteiger partial charge in [0.15, 0.2) is 0 Å². The molecule has 0 atom stereocenters. The van der Waals surface area contributed by atoms with Crippen molar-refractivity contribution in [2.45, 2.75) is 78.6 Å². The Bertz CT molecular complexity index is 1620. The molecular weight excluding hydrogens is 522 g/mol. The van der Waals surface area contributed by atoms with Crippen LogP contribution in [0.2, 0.25) is 5.02 Å². The Morgan fingerprint density at radius 2 is 1.10 bits per heavy atom. The molecule has 0 unspecified atom stereocenters. The van der Waals surface area contributed by atoms with Gasteiger partial charge in [0.05, 0.1) is 27.4 Å². The van der Waals surface area contributed by atoms with Crippen LogP contribution >= 0.6 is 11.6 Å². The smallest absolute Gasteiger partial charge is 0.119 e. The molecule has 5 rings (SSSR count). The molecular formula is C37H42ClN3. The van der Waals surface area contributed by atoms with Gasteiger partial charge in [-0.15, -0.1) is 0 Å². The summed E-state index contributed by atoms with van der Waals surface area (Å²) < 4.78 is 2.23. The summed E-state index contributed by atoms with van der Waals surface area (Å²) >= 11 is 7.43. The summed E-state index contributed by atoms with van der Waals surface area (Å²) in [5, 5.41) is 0.681. The fourth-order valence-electron chi connectivity index (χ4n) is 5.27. The first-order valence-electron chi connectivity index (χ1n) is 14.4. The number of para-hydroxylation sites is 2. The van der Waals surface area contributed by atoms with Crippen molar-refractivity contribution >= 4 is 39.7 Å². The molecule has 41 heavy (non-hydrogen) atoms. The normalized spacial score (nSPS) is 12.6. The zero-order valence-corrected chi connectivity index (χ0v) is 26.6. The predicted molar refractivity (Wildman–Crippen MR) is 177 cm³/mol. The van der Waals surface area contributed by atoms with E-state index in [4.69, 9.17) is 16.6 Å². The first kappa shape index (κ1) is 29.0. The molecule has 0 saturated carbocycles. The van der Waals surface area contributed by atoms with Crippen molar-refractivity contribution in [2.75, 3.05) is 4.90 Å². The van der Waals surface area contributed by atoms with Gasteiger partial charge in [-0.1, -0.05) is 116 Å². The largest absolute Gasteiger partial charge is 0.309 e. The Morgan fingerprint density at radius 1 is 0.585 bits per heavy atom. The average molecular weight is 564 g/mol. The van der Waals surface area contributed by atoms with E-state index in [0.717, 1.165) is 39.6 Å². The second-order valence-electron chi connectivity index (χ2n) is 14.0. The van der Waals surface area contributed by atoms with Gasteiger partial charge >= 0.3 is 0 Å². The van der Waals surface area contributed by atoms with Crippen LogP contribution in [0.25, 0.3) is 16.7 Å². The van der Waals surface area contributed by atoms with E-state index < -0.39 is 0 Å². The summed E-state index contributed by atoms with van der Waals surface area (Å²) in [6.07, 6.45) is 0. The van der Waals surface area contributed by atoms with Gasteiger partial charge in [0, 0.05) is 16.8 Å². The Labute approximate surface area is 250 Å². The molecule has 0 saturated heterocycles. The van der Waals surface area contributed by atoms with Crippen molar-refractivity contribution in [1.29, 1.82) is 0 Å². The molecule has 212 valence electrons. The van der Waals surface area contributed by atoms with Crippen LogP contribution in [0.5, 0.6) is 0 Å². The summed E-state index contributed by atoms with van der Waals surface area (Å²) in [6, 6.07) is 32.3. The number of halogens is 1. The summed E-state index contributed by atoms with van der Waals surface area (Å²) in [5.41, 5.74) is 8.54. The summed E-state index contributed by atoms with van der Waals surface area (Å²) in [6.45, 7) is 20.1. The minimum Gasteiger partial charge on any atom is -0.309 e. The number of nitrogens with zero attached hydrogens (tertiary/aromatic N) is 3. The zero-order chi connectivity index (χ0) is 29.7. The van der Waals surface area contributed by atoms with E-state index in [0.29, 0.717) is 5.02 Å². The minimum absolute atomic E-state index is 0.0705. The van der Waals surface area contributed by atoms with Crippen molar-refractivity contribution in [1.82, 2.24) is 9.55 Å². The van der Waals surface area contributed by atoms with Gasteiger partial charge in [0.1, 0.15) is 5.82 Å². The molecule has 0 radical (unpaired) electrons. The highest BCUT2D eigenvalue weighted by Gasteiger charge is 2.27. The Balaban J connectivity index is 1.74.